The van der Waals surface area contributed by atoms with Crippen LogP contribution < -0.4 is 0 Å². The molecule has 0 aromatic heterocycles. The van der Waals surface area contributed by atoms with Crippen molar-refractivity contribution in [2.75, 3.05) is 13.7 Å². The Bertz CT molecular complexity index is 454. The van der Waals surface area contributed by atoms with Crippen LogP contribution in [0.3, 0.4) is 0 Å². The Kier molecular flexibility index (Phi) is 3.94. The van der Waals surface area contributed by atoms with E-state index in [4.69, 9.17) is 4.74 Å². The van der Waals surface area contributed by atoms with Gasteiger partial charge in [0.25, 0.3) is 0 Å². The molecule has 0 aliphatic heterocycles. The number of hydrogen-bond acceptors (Lipinski definition) is 1. The van der Waals surface area contributed by atoms with Crippen molar-refractivity contribution in [1.82, 2.24) is 0 Å². The minimum absolute atomic E-state index is 0.782. The molecule has 0 saturated heterocycles. The second-order valence-corrected chi connectivity index (χ2v) is 4.31. The van der Waals surface area contributed by atoms with Crippen molar-refractivity contribution in [1.29, 1.82) is 0 Å². The summed E-state index contributed by atoms with van der Waals surface area (Å²) in [6.07, 6.45) is 0.977. The van der Waals surface area contributed by atoms with E-state index in [2.05, 4.69) is 55.5 Å². The van der Waals surface area contributed by atoms with Crippen LogP contribution in [0.25, 0.3) is 11.1 Å². The molecule has 0 unspecified atom stereocenters. The number of aryl methyl sites for hydroxylation is 1. The summed E-state index contributed by atoms with van der Waals surface area (Å²) in [4.78, 5) is 0. The third-order valence-corrected chi connectivity index (χ3v) is 2.93. The molecule has 0 N–H and O–H groups in total. The Labute approximate surface area is 103 Å². The molecule has 2 aromatic carbocycles. The molecule has 2 aromatic rings. The summed E-state index contributed by atoms with van der Waals surface area (Å²) < 4.78 is 5.07. The number of benzene rings is 2. The lowest BCUT2D eigenvalue weighted by molar-refractivity contribution is 0.202. The Morgan fingerprint density at radius 1 is 0.824 bits per heavy atom. The quantitative estimate of drug-likeness (QED) is 0.769. The average Bonchev–Trinajstić information content (AvgIpc) is 2.38. The van der Waals surface area contributed by atoms with E-state index in [9.17, 15) is 0 Å². The normalized spacial score (nSPS) is 10.5. The maximum absolute atomic E-state index is 5.07. The predicted octanol–water partition coefficient (Wildman–Crippen LogP) is 3.85. The highest BCUT2D eigenvalue weighted by Crippen LogP contribution is 2.20. The van der Waals surface area contributed by atoms with Gasteiger partial charge in [0, 0.05) is 7.11 Å². The van der Waals surface area contributed by atoms with Gasteiger partial charge in [-0.1, -0.05) is 54.1 Å². The van der Waals surface area contributed by atoms with Gasteiger partial charge in [0.05, 0.1) is 6.61 Å². The van der Waals surface area contributed by atoms with E-state index < -0.39 is 0 Å². The van der Waals surface area contributed by atoms with Gasteiger partial charge in [0.1, 0.15) is 0 Å². The van der Waals surface area contributed by atoms with Gasteiger partial charge in [-0.2, -0.15) is 0 Å². The third kappa shape index (κ3) is 3.18. The van der Waals surface area contributed by atoms with E-state index >= 15 is 0 Å². The minimum atomic E-state index is 0.782. The van der Waals surface area contributed by atoms with Crippen LogP contribution in [-0.4, -0.2) is 13.7 Å². The summed E-state index contributed by atoms with van der Waals surface area (Å²) in [5, 5.41) is 0. The van der Waals surface area contributed by atoms with Crippen LogP contribution in [0, 0.1) is 6.92 Å². The molecule has 0 aliphatic rings. The lowest BCUT2D eigenvalue weighted by Gasteiger charge is -2.04. The van der Waals surface area contributed by atoms with Crippen LogP contribution in [0.4, 0.5) is 0 Å². The molecule has 0 bridgehead atoms. The summed E-state index contributed by atoms with van der Waals surface area (Å²) in [6, 6.07) is 17.3. The fourth-order valence-corrected chi connectivity index (χ4v) is 1.83. The summed E-state index contributed by atoms with van der Waals surface area (Å²) >= 11 is 0. The van der Waals surface area contributed by atoms with Crippen molar-refractivity contribution in [3.05, 3.63) is 59.7 Å². The zero-order valence-corrected chi connectivity index (χ0v) is 10.4. The molecule has 0 fully saturated rings. The first-order valence-corrected chi connectivity index (χ1v) is 5.94. The lowest BCUT2D eigenvalue weighted by atomic mass is 10.0. The van der Waals surface area contributed by atoms with Crippen molar-refractivity contribution in [2.24, 2.45) is 0 Å². The van der Waals surface area contributed by atoms with Gasteiger partial charge in [-0.15, -0.1) is 0 Å². The minimum Gasteiger partial charge on any atom is -0.384 e. The van der Waals surface area contributed by atoms with E-state index in [-0.39, 0.29) is 0 Å². The summed E-state index contributed by atoms with van der Waals surface area (Å²) in [7, 11) is 1.74. The fourth-order valence-electron chi connectivity index (χ4n) is 1.83. The fraction of sp³-hybridized carbons (Fsp3) is 0.250. The van der Waals surface area contributed by atoms with Gasteiger partial charge in [0.2, 0.25) is 0 Å². The summed E-state index contributed by atoms with van der Waals surface area (Å²) in [5.74, 6) is 0. The van der Waals surface area contributed by atoms with E-state index in [1.807, 2.05) is 0 Å². The molecule has 0 amide bonds. The van der Waals surface area contributed by atoms with Gasteiger partial charge >= 0.3 is 0 Å². The second-order valence-electron chi connectivity index (χ2n) is 4.31. The Morgan fingerprint density at radius 3 is 1.88 bits per heavy atom. The summed E-state index contributed by atoms with van der Waals surface area (Å²) in [6.45, 7) is 2.89. The van der Waals surface area contributed by atoms with Gasteiger partial charge in [-0.25, -0.2) is 0 Å². The molecule has 17 heavy (non-hydrogen) atoms. The van der Waals surface area contributed by atoms with Crippen molar-refractivity contribution in [3.63, 3.8) is 0 Å². The number of ether oxygens (including phenoxy) is 1. The SMILES string of the molecule is COCCc1ccc(-c2ccc(C)cc2)cc1. The van der Waals surface area contributed by atoms with Crippen molar-refractivity contribution in [2.45, 2.75) is 13.3 Å². The van der Waals surface area contributed by atoms with E-state index in [1.165, 1.54) is 22.3 Å². The topological polar surface area (TPSA) is 9.23 Å². The first-order valence-electron chi connectivity index (χ1n) is 5.94. The second kappa shape index (κ2) is 5.65. The zero-order valence-electron chi connectivity index (χ0n) is 10.4. The predicted molar refractivity (Wildman–Crippen MR) is 72.2 cm³/mol. The first kappa shape index (κ1) is 11.9. The molecule has 0 saturated carbocycles. The van der Waals surface area contributed by atoms with Crippen LogP contribution in [0.1, 0.15) is 11.1 Å². The van der Waals surface area contributed by atoms with E-state index in [1.54, 1.807) is 7.11 Å². The highest BCUT2D eigenvalue weighted by Gasteiger charge is 1.98. The average molecular weight is 226 g/mol. The lowest BCUT2D eigenvalue weighted by Crippen LogP contribution is -1.93. The van der Waals surface area contributed by atoms with Crippen LogP contribution in [0.15, 0.2) is 48.5 Å². The van der Waals surface area contributed by atoms with E-state index in [0.717, 1.165) is 13.0 Å². The molecule has 2 rings (SSSR count). The molecule has 0 heterocycles. The summed E-state index contributed by atoms with van der Waals surface area (Å²) in [5.41, 5.74) is 5.16. The highest BCUT2D eigenvalue weighted by atomic mass is 16.5. The molecule has 1 nitrogen and oxygen atoms in total. The standard InChI is InChI=1S/C16H18O/c1-13-3-7-15(8-4-13)16-9-5-14(6-10-16)11-12-17-2/h3-10H,11-12H2,1-2H3. The van der Waals surface area contributed by atoms with Crippen LogP contribution >= 0.6 is 0 Å². The van der Waals surface area contributed by atoms with Crippen LogP contribution in [-0.2, 0) is 11.2 Å². The van der Waals surface area contributed by atoms with Crippen LogP contribution in [0.2, 0.25) is 0 Å². The molecule has 0 atom stereocenters. The van der Waals surface area contributed by atoms with Gasteiger partial charge in [-0.3, -0.25) is 0 Å². The maximum Gasteiger partial charge on any atom is 0.0502 e. The first-order chi connectivity index (χ1) is 8.29. The monoisotopic (exact) mass is 226 g/mol. The third-order valence-electron chi connectivity index (χ3n) is 2.93. The molecular formula is C16H18O. The number of hydrogen-bond donors (Lipinski definition) is 0. The Balaban J connectivity index is 2.14. The Hall–Kier alpha value is -1.60. The Morgan fingerprint density at radius 2 is 1.35 bits per heavy atom. The number of methoxy groups -OCH3 is 1. The zero-order chi connectivity index (χ0) is 12.1. The molecule has 0 spiro atoms. The number of rotatable bonds is 4. The molecule has 0 aliphatic carbocycles. The largest absolute Gasteiger partial charge is 0.384 e. The van der Waals surface area contributed by atoms with Gasteiger partial charge in [0.15, 0.2) is 0 Å². The van der Waals surface area contributed by atoms with Crippen molar-refractivity contribution >= 4 is 0 Å². The molecule has 0 radical (unpaired) electrons. The molecule has 88 valence electrons. The maximum atomic E-state index is 5.07. The smallest absolute Gasteiger partial charge is 0.0502 e. The van der Waals surface area contributed by atoms with E-state index in [0.29, 0.717) is 0 Å². The van der Waals surface area contributed by atoms with Crippen molar-refractivity contribution < 1.29 is 4.74 Å². The van der Waals surface area contributed by atoms with Gasteiger partial charge < -0.3 is 4.74 Å². The van der Waals surface area contributed by atoms with Crippen LogP contribution in [0.5, 0.6) is 0 Å². The van der Waals surface area contributed by atoms with Crippen molar-refractivity contribution in [3.8, 4) is 11.1 Å². The van der Waals surface area contributed by atoms with Gasteiger partial charge in [-0.05, 0) is 30.0 Å². The molecular weight excluding hydrogens is 208 g/mol. The molecule has 1 heteroatoms. The highest BCUT2D eigenvalue weighted by molar-refractivity contribution is 5.63.